The van der Waals surface area contributed by atoms with Crippen LogP contribution < -0.4 is 20.1 Å². The summed E-state index contributed by atoms with van der Waals surface area (Å²) < 4.78 is 53.0. The van der Waals surface area contributed by atoms with Crippen molar-refractivity contribution in [1.29, 1.82) is 0 Å². The average molecular weight is 482 g/mol. The third-order valence-electron chi connectivity index (χ3n) is 5.30. The van der Waals surface area contributed by atoms with E-state index in [1.807, 2.05) is 0 Å². The number of rotatable bonds is 5. The minimum atomic E-state index is -4.59. The van der Waals surface area contributed by atoms with Crippen molar-refractivity contribution in [3.8, 4) is 11.5 Å². The number of amides is 1. The van der Waals surface area contributed by atoms with Crippen molar-refractivity contribution in [1.82, 2.24) is 14.8 Å². The van der Waals surface area contributed by atoms with Gasteiger partial charge in [0, 0.05) is 12.6 Å². The Bertz CT molecular complexity index is 1180. The second kappa shape index (κ2) is 8.81. The number of carbonyl (C=O) groups excluding carboxylic acids is 1. The molecule has 0 radical (unpaired) electrons. The van der Waals surface area contributed by atoms with Gasteiger partial charge in [0.1, 0.15) is 11.4 Å². The summed E-state index contributed by atoms with van der Waals surface area (Å²) in [5.74, 6) is 0.0972. The highest BCUT2D eigenvalue weighted by molar-refractivity contribution is 6.32. The Morgan fingerprint density at radius 1 is 1.24 bits per heavy atom. The largest absolute Gasteiger partial charge is 0.493 e. The molecule has 0 aliphatic carbocycles. The number of anilines is 2. The van der Waals surface area contributed by atoms with E-state index in [1.54, 1.807) is 24.3 Å². The smallest absolute Gasteiger partial charge is 0.410 e. The molecule has 0 saturated heterocycles. The number of aromatic nitrogens is 3. The Hall–Kier alpha value is -3.47. The van der Waals surface area contributed by atoms with Crippen LogP contribution in [0.2, 0.25) is 5.15 Å². The van der Waals surface area contributed by atoms with Crippen molar-refractivity contribution >= 4 is 29.0 Å². The number of ether oxygens (including phenoxy) is 2. The summed E-state index contributed by atoms with van der Waals surface area (Å²) in [6, 6.07) is 5.26. The summed E-state index contributed by atoms with van der Waals surface area (Å²) in [5.41, 5.74) is 0.703. The van der Waals surface area contributed by atoms with Crippen LogP contribution >= 0.6 is 11.6 Å². The van der Waals surface area contributed by atoms with Crippen LogP contribution in [-0.4, -0.2) is 41.1 Å². The monoisotopic (exact) mass is 481 g/mol. The molecule has 2 N–H and O–H groups in total. The lowest BCUT2D eigenvalue weighted by molar-refractivity contribution is -0.173. The predicted molar refractivity (Wildman–Crippen MR) is 115 cm³/mol. The minimum absolute atomic E-state index is 0.0521. The van der Waals surface area contributed by atoms with Gasteiger partial charge in [-0.25, -0.2) is 9.67 Å². The second-order valence-electron chi connectivity index (χ2n) is 7.25. The van der Waals surface area contributed by atoms with Gasteiger partial charge < -0.3 is 20.1 Å². The molecular formula is C21H19ClF3N5O3. The van der Waals surface area contributed by atoms with Crippen molar-refractivity contribution < 1.29 is 27.4 Å². The SMILES string of the molecule is COc1ccc([C@@H]2C[C@@H](C(F)(F)F)n3ncc(C(=O)Nc4cccnc4Cl)c3N2)cc1OC. The molecule has 8 nitrogen and oxygen atoms in total. The van der Waals surface area contributed by atoms with Crippen molar-refractivity contribution in [3.63, 3.8) is 0 Å². The van der Waals surface area contributed by atoms with Gasteiger partial charge in [0.2, 0.25) is 0 Å². The quantitative estimate of drug-likeness (QED) is 0.506. The molecule has 4 rings (SSSR count). The standard InChI is InChI=1S/C21H19ClF3N5O3/c1-32-15-6-5-11(8-16(15)33-2)14-9-17(21(23,24)25)30-19(28-14)12(10-27-30)20(31)29-13-4-3-7-26-18(13)22/h3-8,10,14,17,28H,9H2,1-2H3,(H,29,31)/t14-,17-/m0/s1. The van der Waals surface area contributed by atoms with E-state index in [1.165, 1.54) is 26.5 Å². The van der Waals surface area contributed by atoms with E-state index in [0.29, 0.717) is 17.1 Å². The first kappa shape index (κ1) is 22.7. The van der Waals surface area contributed by atoms with Crippen LogP contribution in [0.1, 0.15) is 34.4 Å². The molecule has 1 aliphatic rings. The molecule has 33 heavy (non-hydrogen) atoms. The van der Waals surface area contributed by atoms with Gasteiger partial charge in [-0.2, -0.15) is 18.3 Å². The van der Waals surface area contributed by atoms with Gasteiger partial charge in [0.15, 0.2) is 22.7 Å². The summed E-state index contributed by atoms with van der Waals surface area (Å²) in [4.78, 5) is 16.7. The number of carbonyl (C=O) groups is 1. The zero-order valence-electron chi connectivity index (χ0n) is 17.5. The van der Waals surface area contributed by atoms with Gasteiger partial charge in [0.25, 0.3) is 5.91 Å². The van der Waals surface area contributed by atoms with Crippen molar-refractivity contribution in [2.45, 2.75) is 24.7 Å². The second-order valence-corrected chi connectivity index (χ2v) is 7.61. The number of benzene rings is 1. The Labute approximate surface area is 191 Å². The molecule has 1 aromatic carbocycles. The summed E-state index contributed by atoms with van der Waals surface area (Å²) in [6.45, 7) is 0. The van der Waals surface area contributed by atoms with Crippen molar-refractivity contribution in [3.05, 3.63) is 59.0 Å². The lowest BCUT2D eigenvalue weighted by Gasteiger charge is -2.34. The predicted octanol–water partition coefficient (Wildman–Crippen LogP) is 4.86. The maximum Gasteiger partial charge on any atom is 0.410 e. The van der Waals surface area contributed by atoms with E-state index in [9.17, 15) is 18.0 Å². The van der Waals surface area contributed by atoms with Crippen molar-refractivity contribution in [2.75, 3.05) is 24.9 Å². The highest BCUT2D eigenvalue weighted by atomic mass is 35.5. The highest BCUT2D eigenvalue weighted by Crippen LogP contribution is 2.45. The van der Waals surface area contributed by atoms with Gasteiger partial charge >= 0.3 is 6.18 Å². The first-order valence-electron chi connectivity index (χ1n) is 9.77. The molecule has 1 aliphatic heterocycles. The number of pyridine rings is 1. The number of fused-ring (bicyclic) bond motifs is 1. The summed E-state index contributed by atoms with van der Waals surface area (Å²) in [5, 5.41) is 9.50. The summed E-state index contributed by atoms with van der Waals surface area (Å²) in [6.07, 6.45) is -2.37. The number of nitrogens with one attached hydrogen (secondary N) is 2. The number of hydrogen-bond donors (Lipinski definition) is 2. The lowest BCUT2D eigenvalue weighted by atomic mass is 9.96. The highest BCUT2D eigenvalue weighted by Gasteiger charge is 2.47. The first-order valence-corrected chi connectivity index (χ1v) is 10.1. The van der Waals surface area contributed by atoms with Crippen LogP contribution in [0.4, 0.5) is 24.7 Å². The molecule has 3 aromatic rings. The van der Waals surface area contributed by atoms with Gasteiger partial charge in [0.05, 0.1) is 32.1 Å². The molecular weight excluding hydrogens is 463 g/mol. The topological polar surface area (TPSA) is 90.3 Å². The summed E-state index contributed by atoms with van der Waals surface area (Å²) >= 11 is 5.98. The fourth-order valence-electron chi connectivity index (χ4n) is 3.69. The Morgan fingerprint density at radius 3 is 2.67 bits per heavy atom. The number of alkyl halides is 3. The fraction of sp³-hybridized carbons (Fsp3) is 0.286. The van der Waals surface area contributed by atoms with E-state index in [0.717, 1.165) is 10.9 Å². The van der Waals surface area contributed by atoms with Crippen LogP contribution in [0.3, 0.4) is 0 Å². The lowest BCUT2D eigenvalue weighted by Crippen LogP contribution is -2.36. The van der Waals surface area contributed by atoms with E-state index in [-0.39, 0.29) is 28.6 Å². The number of halogens is 4. The van der Waals surface area contributed by atoms with Crippen LogP contribution in [0.25, 0.3) is 0 Å². The molecule has 0 spiro atoms. The number of methoxy groups -OCH3 is 2. The average Bonchev–Trinajstić information content (AvgIpc) is 3.22. The van der Waals surface area contributed by atoms with E-state index >= 15 is 0 Å². The zero-order valence-corrected chi connectivity index (χ0v) is 18.2. The maximum atomic E-state index is 13.9. The molecule has 2 atom stereocenters. The first-order chi connectivity index (χ1) is 15.7. The minimum Gasteiger partial charge on any atom is -0.493 e. The number of nitrogens with zero attached hydrogens (tertiary/aromatic N) is 3. The van der Waals surface area contributed by atoms with Crippen molar-refractivity contribution in [2.24, 2.45) is 0 Å². The van der Waals surface area contributed by atoms with Crippen LogP contribution in [0.5, 0.6) is 11.5 Å². The molecule has 1 amide bonds. The zero-order chi connectivity index (χ0) is 23.8. The maximum absolute atomic E-state index is 13.9. The molecule has 12 heteroatoms. The fourth-order valence-corrected chi connectivity index (χ4v) is 3.85. The Morgan fingerprint density at radius 2 is 2.00 bits per heavy atom. The van der Waals surface area contributed by atoms with Gasteiger partial charge in [-0.05, 0) is 29.8 Å². The van der Waals surface area contributed by atoms with E-state index < -0.39 is 24.2 Å². The van der Waals surface area contributed by atoms with Gasteiger partial charge in [-0.1, -0.05) is 17.7 Å². The molecule has 0 saturated carbocycles. The molecule has 0 fully saturated rings. The summed E-state index contributed by atoms with van der Waals surface area (Å²) in [7, 11) is 2.91. The molecule has 2 aromatic heterocycles. The van der Waals surface area contributed by atoms with Crippen LogP contribution in [0, 0.1) is 0 Å². The molecule has 0 unspecified atom stereocenters. The van der Waals surface area contributed by atoms with Gasteiger partial charge in [-0.3, -0.25) is 4.79 Å². The third-order valence-corrected chi connectivity index (χ3v) is 5.60. The van der Waals surface area contributed by atoms with Crippen LogP contribution in [-0.2, 0) is 0 Å². The van der Waals surface area contributed by atoms with Gasteiger partial charge in [-0.15, -0.1) is 0 Å². The normalized spacial score (nSPS) is 17.6. The van der Waals surface area contributed by atoms with E-state index in [2.05, 4.69) is 20.7 Å². The molecule has 174 valence electrons. The molecule has 3 heterocycles. The molecule has 0 bridgehead atoms. The Balaban J connectivity index is 1.71. The Kier molecular flexibility index (Phi) is 6.07. The van der Waals surface area contributed by atoms with Crippen LogP contribution in [0.15, 0.2) is 42.7 Å². The number of hydrogen-bond acceptors (Lipinski definition) is 6. The van der Waals surface area contributed by atoms with E-state index in [4.69, 9.17) is 21.1 Å². The third kappa shape index (κ3) is 4.40.